The number of carbonyl (C=O) groups excluding carboxylic acids is 1. The van der Waals surface area contributed by atoms with Crippen LogP contribution in [0.1, 0.15) is 34.1 Å². The van der Waals surface area contributed by atoms with Crippen LogP contribution in [0.25, 0.3) is 10.9 Å². The molecule has 1 aliphatic rings. The van der Waals surface area contributed by atoms with Gasteiger partial charge < -0.3 is 5.73 Å². The lowest BCUT2D eigenvalue weighted by Crippen LogP contribution is -2.36. The fourth-order valence-corrected chi connectivity index (χ4v) is 4.34. The van der Waals surface area contributed by atoms with Gasteiger partial charge in [-0.1, -0.05) is 12.1 Å². The Kier molecular flexibility index (Phi) is 4.19. The van der Waals surface area contributed by atoms with E-state index in [1.54, 1.807) is 28.2 Å². The molecule has 130 valence electrons. The number of aromatic amines is 1. The summed E-state index contributed by atoms with van der Waals surface area (Å²) in [4.78, 5) is 28.2. The Hall–Kier alpha value is -2.38. The number of hydrogen-bond donors (Lipinski definition) is 2. The summed E-state index contributed by atoms with van der Waals surface area (Å²) in [6.07, 6.45) is 1.81. The van der Waals surface area contributed by atoms with Crippen molar-refractivity contribution in [3.63, 3.8) is 0 Å². The highest BCUT2D eigenvalue weighted by Gasteiger charge is 2.24. The summed E-state index contributed by atoms with van der Waals surface area (Å²) in [5, 5.41) is 5.67. The van der Waals surface area contributed by atoms with Crippen molar-refractivity contribution in [3.8, 4) is 0 Å². The molecule has 1 aliphatic heterocycles. The monoisotopic (exact) mass is 356 g/mol. The molecule has 0 bridgehead atoms. The van der Waals surface area contributed by atoms with E-state index in [4.69, 9.17) is 5.73 Å². The number of nitrogens with two attached hydrogens (primary N) is 1. The fourth-order valence-electron chi connectivity index (χ4n) is 3.60. The highest BCUT2D eigenvalue weighted by molar-refractivity contribution is 7.09. The zero-order valence-electron chi connectivity index (χ0n) is 13.8. The molecule has 2 aromatic heterocycles. The number of amides is 1. The Bertz CT molecular complexity index is 949. The molecule has 3 N–H and O–H groups in total. The van der Waals surface area contributed by atoms with Crippen LogP contribution in [0.4, 0.5) is 0 Å². The van der Waals surface area contributed by atoms with Crippen LogP contribution >= 0.6 is 11.3 Å². The molecule has 1 saturated heterocycles. The minimum Gasteiger partial charge on any atom is -0.366 e. The van der Waals surface area contributed by atoms with E-state index in [9.17, 15) is 9.59 Å². The van der Waals surface area contributed by atoms with Gasteiger partial charge in [-0.3, -0.25) is 19.6 Å². The molecule has 6 nitrogen and oxygen atoms in total. The Morgan fingerprint density at radius 2 is 2.04 bits per heavy atom. The minimum atomic E-state index is -0.570. The number of H-pyrrole nitrogens is 1. The second kappa shape index (κ2) is 6.50. The molecule has 1 aromatic carbocycles. The van der Waals surface area contributed by atoms with Crippen LogP contribution in [-0.2, 0) is 6.54 Å². The van der Waals surface area contributed by atoms with Crippen molar-refractivity contribution in [2.45, 2.75) is 25.4 Å². The number of aromatic nitrogens is 2. The van der Waals surface area contributed by atoms with Crippen LogP contribution in [0.3, 0.4) is 0 Å². The second-order valence-electron chi connectivity index (χ2n) is 6.47. The number of primary amides is 1. The summed E-state index contributed by atoms with van der Waals surface area (Å²) in [5.74, 6) is -0.570. The van der Waals surface area contributed by atoms with E-state index in [0.29, 0.717) is 10.9 Å². The summed E-state index contributed by atoms with van der Waals surface area (Å²) in [6.45, 7) is 2.87. The van der Waals surface area contributed by atoms with Gasteiger partial charge in [0, 0.05) is 24.5 Å². The number of nitrogens with one attached hydrogen (secondary N) is 1. The maximum absolute atomic E-state index is 12.8. The second-order valence-corrected chi connectivity index (χ2v) is 7.50. The van der Waals surface area contributed by atoms with Crippen molar-refractivity contribution < 1.29 is 4.79 Å². The first-order valence-electron chi connectivity index (χ1n) is 8.41. The number of fused-ring (bicyclic) bond motifs is 1. The molecular weight excluding hydrogens is 336 g/mol. The highest BCUT2D eigenvalue weighted by atomic mass is 32.1. The SMILES string of the molecule is NC(=O)c1cccc2[nH]n(C3CCN(Cc4cccs4)CC3)c(=O)c12. The predicted molar refractivity (Wildman–Crippen MR) is 98.9 cm³/mol. The molecular formula is C18H20N4O2S. The predicted octanol–water partition coefficient (Wildman–Crippen LogP) is 2.33. The molecule has 0 unspecified atom stereocenters. The highest BCUT2D eigenvalue weighted by Crippen LogP contribution is 2.24. The van der Waals surface area contributed by atoms with E-state index in [1.165, 1.54) is 4.88 Å². The molecule has 3 aromatic rings. The number of rotatable bonds is 4. The van der Waals surface area contributed by atoms with Crippen molar-refractivity contribution >= 4 is 28.1 Å². The first-order chi connectivity index (χ1) is 12.1. The molecule has 4 rings (SSSR count). The van der Waals surface area contributed by atoms with Crippen LogP contribution in [0.2, 0.25) is 0 Å². The largest absolute Gasteiger partial charge is 0.366 e. The first-order valence-corrected chi connectivity index (χ1v) is 9.29. The van der Waals surface area contributed by atoms with Crippen molar-refractivity contribution in [1.29, 1.82) is 0 Å². The van der Waals surface area contributed by atoms with Crippen molar-refractivity contribution in [2.24, 2.45) is 5.73 Å². The third-order valence-electron chi connectivity index (χ3n) is 4.89. The lowest BCUT2D eigenvalue weighted by Gasteiger charge is -2.31. The van der Waals surface area contributed by atoms with Gasteiger partial charge in [0.25, 0.3) is 5.56 Å². The molecule has 0 saturated carbocycles. The zero-order valence-corrected chi connectivity index (χ0v) is 14.6. The van der Waals surface area contributed by atoms with E-state index in [2.05, 4.69) is 27.5 Å². The van der Waals surface area contributed by atoms with Gasteiger partial charge in [0.05, 0.1) is 22.5 Å². The average Bonchev–Trinajstić information content (AvgIpc) is 3.24. The number of nitrogens with zero attached hydrogens (tertiary/aromatic N) is 2. The number of thiophene rings is 1. The summed E-state index contributed by atoms with van der Waals surface area (Å²) < 4.78 is 1.68. The quantitative estimate of drug-likeness (QED) is 0.752. The third kappa shape index (κ3) is 3.01. The Morgan fingerprint density at radius 3 is 2.72 bits per heavy atom. The molecule has 7 heteroatoms. The molecule has 0 aliphatic carbocycles. The fraction of sp³-hybridized carbons (Fsp3) is 0.333. The number of carbonyl (C=O) groups is 1. The summed E-state index contributed by atoms with van der Waals surface area (Å²) >= 11 is 1.78. The average molecular weight is 356 g/mol. The molecule has 0 atom stereocenters. The minimum absolute atomic E-state index is 0.125. The van der Waals surface area contributed by atoms with Gasteiger partial charge in [-0.05, 0) is 36.4 Å². The number of hydrogen-bond acceptors (Lipinski definition) is 4. The molecule has 0 radical (unpaired) electrons. The standard InChI is InChI=1S/C18H20N4O2S/c19-17(23)14-4-1-5-15-16(14)18(24)22(20-15)12-6-8-21(9-7-12)11-13-3-2-10-25-13/h1-5,10,12,20H,6-9,11H2,(H2,19,23). The first kappa shape index (κ1) is 16.1. The van der Waals surface area contributed by atoms with Crippen molar-refractivity contribution in [2.75, 3.05) is 13.1 Å². The van der Waals surface area contributed by atoms with E-state index >= 15 is 0 Å². The normalized spacial score (nSPS) is 16.5. The molecule has 25 heavy (non-hydrogen) atoms. The number of benzene rings is 1. The van der Waals surface area contributed by atoms with Crippen LogP contribution in [0.15, 0.2) is 40.5 Å². The smallest absolute Gasteiger partial charge is 0.275 e. The van der Waals surface area contributed by atoms with E-state index in [0.717, 1.165) is 32.5 Å². The Morgan fingerprint density at radius 1 is 1.24 bits per heavy atom. The van der Waals surface area contributed by atoms with E-state index in [-0.39, 0.29) is 17.2 Å². The van der Waals surface area contributed by atoms with E-state index < -0.39 is 5.91 Å². The van der Waals surface area contributed by atoms with Crippen LogP contribution in [0.5, 0.6) is 0 Å². The van der Waals surface area contributed by atoms with Crippen molar-refractivity contribution in [1.82, 2.24) is 14.7 Å². The van der Waals surface area contributed by atoms with Crippen LogP contribution in [-0.4, -0.2) is 33.7 Å². The molecule has 0 spiro atoms. The van der Waals surface area contributed by atoms with Gasteiger partial charge >= 0.3 is 0 Å². The summed E-state index contributed by atoms with van der Waals surface area (Å²) in [6, 6.07) is 9.52. The Balaban J connectivity index is 1.55. The van der Waals surface area contributed by atoms with E-state index in [1.807, 2.05) is 6.07 Å². The third-order valence-corrected chi connectivity index (χ3v) is 5.75. The maximum atomic E-state index is 12.8. The molecule has 1 amide bonds. The molecule has 3 heterocycles. The van der Waals surface area contributed by atoms with Gasteiger partial charge in [-0.15, -0.1) is 11.3 Å². The maximum Gasteiger partial charge on any atom is 0.275 e. The van der Waals surface area contributed by atoms with Gasteiger partial charge in [-0.2, -0.15) is 0 Å². The van der Waals surface area contributed by atoms with Crippen LogP contribution < -0.4 is 11.3 Å². The lowest BCUT2D eigenvalue weighted by molar-refractivity contribution is 0.100. The van der Waals surface area contributed by atoms with Crippen molar-refractivity contribution in [3.05, 3.63) is 56.5 Å². The van der Waals surface area contributed by atoms with Gasteiger partial charge in [0.1, 0.15) is 0 Å². The lowest BCUT2D eigenvalue weighted by atomic mass is 10.1. The Labute approximate surface area is 148 Å². The summed E-state index contributed by atoms with van der Waals surface area (Å²) in [5.41, 5.74) is 6.21. The van der Waals surface area contributed by atoms with Crippen LogP contribution in [0, 0.1) is 0 Å². The topological polar surface area (TPSA) is 84.1 Å². The number of likely N-dealkylation sites (tertiary alicyclic amines) is 1. The zero-order chi connectivity index (χ0) is 17.4. The molecule has 1 fully saturated rings. The summed E-state index contributed by atoms with van der Waals surface area (Å²) in [7, 11) is 0. The van der Waals surface area contributed by atoms with Gasteiger partial charge in [0.15, 0.2) is 0 Å². The van der Waals surface area contributed by atoms with Gasteiger partial charge in [-0.25, -0.2) is 4.68 Å². The van der Waals surface area contributed by atoms with Gasteiger partial charge in [0.2, 0.25) is 5.91 Å². The number of piperidine rings is 1.